The predicted molar refractivity (Wildman–Crippen MR) is 79.2 cm³/mol. The molecule has 4 nitrogen and oxygen atoms in total. The Morgan fingerprint density at radius 1 is 1.26 bits per heavy atom. The summed E-state index contributed by atoms with van der Waals surface area (Å²) < 4.78 is 2.73. The van der Waals surface area contributed by atoms with Crippen LogP contribution < -0.4 is 5.32 Å². The van der Waals surface area contributed by atoms with Crippen molar-refractivity contribution in [2.75, 3.05) is 5.32 Å². The Kier molecular flexibility index (Phi) is 3.21. The molecule has 5 heteroatoms. The van der Waals surface area contributed by atoms with Crippen LogP contribution in [0.4, 0.5) is 5.69 Å². The summed E-state index contributed by atoms with van der Waals surface area (Å²) in [5.74, 6) is 0. The van der Waals surface area contributed by atoms with Crippen LogP contribution >= 0.6 is 15.9 Å². The van der Waals surface area contributed by atoms with E-state index >= 15 is 0 Å². The molecular weight excluding hydrogens is 304 g/mol. The number of halogens is 1. The molecule has 0 spiro atoms. The molecule has 3 heterocycles. The van der Waals surface area contributed by atoms with Gasteiger partial charge in [-0.15, -0.1) is 0 Å². The molecule has 0 atom stereocenters. The maximum absolute atomic E-state index is 4.37. The highest BCUT2D eigenvalue weighted by Gasteiger charge is 2.04. The van der Waals surface area contributed by atoms with Gasteiger partial charge in [0.25, 0.3) is 0 Å². The van der Waals surface area contributed by atoms with Crippen molar-refractivity contribution in [3.63, 3.8) is 0 Å². The molecule has 0 aliphatic rings. The molecule has 0 saturated carbocycles. The summed E-state index contributed by atoms with van der Waals surface area (Å²) >= 11 is 3.37. The van der Waals surface area contributed by atoms with Gasteiger partial charge in [0.15, 0.2) is 0 Å². The van der Waals surface area contributed by atoms with Gasteiger partial charge in [-0.2, -0.15) is 5.10 Å². The highest BCUT2D eigenvalue weighted by atomic mass is 79.9. The second-order valence-electron chi connectivity index (χ2n) is 4.32. The van der Waals surface area contributed by atoms with Crippen molar-refractivity contribution >= 4 is 27.1 Å². The van der Waals surface area contributed by atoms with E-state index < -0.39 is 0 Å². The van der Waals surface area contributed by atoms with Crippen LogP contribution in [0, 0.1) is 6.92 Å². The Bertz CT molecular complexity index is 720. The van der Waals surface area contributed by atoms with E-state index in [9.17, 15) is 0 Å². The highest BCUT2D eigenvalue weighted by molar-refractivity contribution is 9.10. The molecule has 0 amide bonds. The molecule has 0 bridgehead atoms. The van der Waals surface area contributed by atoms with Crippen LogP contribution in [0.2, 0.25) is 0 Å². The summed E-state index contributed by atoms with van der Waals surface area (Å²) in [4.78, 5) is 4.37. The first-order valence-corrected chi connectivity index (χ1v) is 6.81. The molecule has 0 aromatic carbocycles. The number of aromatic nitrogens is 3. The Morgan fingerprint density at radius 2 is 2.16 bits per heavy atom. The SMILES string of the molecule is Cc1nc(Br)ccc1NCc1cnn2ccccc12. The molecule has 3 rings (SSSR count). The third-order valence-electron chi connectivity index (χ3n) is 3.03. The summed E-state index contributed by atoms with van der Waals surface area (Å²) in [5, 5.41) is 7.72. The Balaban J connectivity index is 1.82. The molecule has 0 aliphatic carbocycles. The average molecular weight is 317 g/mol. The minimum atomic E-state index is 0.734. The van der Waals surface area contributed by atoms with Crippen LogP contribution in [0.3, 0.4) is 0 Å². The molecule has 0 saturated heterocycles. The van der Waals surface area contributed by atoms with Crippen LogP contribution in [0.5, 0.6) is 0 Å². The van der Waals surface area contributed by atoms with Crippen molar-refractivity contribution in [2.45, 2.75) is 13.5 Å². The fourth-order valence-electron chi connectivity index (χ4n) is 2.03. The van der Waals surface area contributed by atoms with Gasteiger partial charge in [0.05, 0.1) is 23.1 Å². The second kappa shape index (κ2) is 5.01. The van der Waals surface area contributed by atoms with Crippen molar-refractivity contribution in [1.82, 2.24) is 14.6 Å². The summed E-state index contributed by atoms with van der Waals surface area (Å²) in [6.07, 6.45) is 3.84. The van der Waals surface area contributed by atoms with E-state index in [1.54, 1.807) is 0 Å². The van der Waals surface area contributed by atoms with Crippen LogP contribution in [0.15, 0.2) is 47.3 Å². The predicted octanol–water partition coefficient (Wildman–Crippen LogP) is 3.41. The van der Waals surface area contributed by atoms with Crippen LogP contribution in [-0.2, 0) is 6.54 Å². The van der Waals surface area contributed by atoms with Gasteiger partial charge in [-0.1, -0.05) is 6.07 Å². The van der Waals surface area contributed by atoms with Crippen molar-refractivity contribution in [2.24, 2.45) is 0 Å². The van der Waals surface area contributed by atoms with Gasteiger partial charge in [0.1, 0.15) is 4.60 Å². The lowest BCUT2D eigenvalue weighted by molar-refractivity contribution is 0.961. The Morgan fingerprint density at radius 3 is 3.00 bits per heavy atom. The van der Waals surface area contributed by atoms with Crippen LogP contribution in [0.25, 0.3) is 5.52 Å². The molecule has 0 fully saturated rings. The minimum absolute atomic E-state index is 0.734. The van der Waals surface area contributed by atoms with Crippen LogP contribution in [-0.4, -0.2) is 14.6 Å². The smallest absolute Gasteiger partial charge is 0.106 e. The standard InChI is InChI=1S/C14H13BrN4/c1-10-12(5-6-14(15)18-10)16-8-11-9-17-19-7-3-2-4-13(11)19/h2-7,9,16H,8H2,1H3. The number of hydrogen-bond donors (Lipinski definition) is 1. The quantitative estimate of drug-likeness (QED) is 0.753. The molecule has 3 aromatic rings. The van der Waals surface area contributed by atoms with E-state index in [2.05, 4.69) is 37.4 Å². The molecule has 0 aliphatic heterocycles. The maximum atomic E-state index is 4.37. The van der Waals surface area contributed by atoms with E-state index in [-0.39, 0.29) is 0 Å². The summed E-state index contributed by atoms with van der Waals surface area (Å²) in [7, 11) is 0. The summed E-state index contributed by atoms with van der Waals surface area (Å²) in [6.45, 7) is 2.72. The monoisotopic (exact) mass is 316 g/mol. The maximum Gasteiger partial charge on any atom is 0.106 e. The highest BCUT2D eigenvalue weighted by Crippen LogP contribution is 2.18. The van der Waals surface area contributed by atoms with Crippen molar-refractivity contribution in [1.29, 1.82) is 0 Å². The number of pyridine rings is 2. The zero-order chi connectivity index (χ0) is 13.2. The molecule has 1 N–H and O–H groups in total. The van der Waals surface area contributed by atoms with Gasteiger partial charge in [0, 0.05) is 18.3 Å². The van der Waals surface area contributed by atoms with Crippen molar-refractivity contribution in [3.8, 4) is 0 Å². The zero-order valence-corrected chi connectivity index (χ0v) is 12.1. The van der Waals surface area contributed by atoms with E-state index in [1.165, 1.54) is 5.56 Å². The van der Waals surface area contributed by atoms with Gasteiger partial charge in [-0.3, -0.25) is 0 Å². The van der Waals surface area contributed by atoms with E-state index in [4.69, 9.17) is 0 Å². The third kappa shape index (κ3) is 2.46. The zero-order valence-electron chi connectivity index (χ0n) is 10.5. The number of fused-ring (bicyclic) bond motifs is 1. The van der Waals surface area contributed by atoms with Gasteiger partial charge in [-0.05, 0) is 47.1 Å². The molecule has 0 unspecified atom stereocenters. The topological polar surface area (TPSA) is 42.2 Å². The number of rotatable bonds is 3. The average Bonchev–Trinajstić information content (AvgIpc) is 2.81. The summed E-state index contributed by atoms with van der Waals surface area (Å²) in [5.41, 5.74) is 4.31. The number of hydrogen-bond acceptors (Lipinski definition) is 3. The Labute approximate surface area is 119 Å². The van der Waals surface area contributed by atoms with Gasteiger partial charge in [0.2, 0.25) is 0 Å². The lowest BCUT2D eigenvalue weighted by Gasteiger charge is -2.08. The lowest BCUT2D eigenvalue weighted by atomic mass is 10.2. The van der Waals surface area contributed by atoms with E-state index in [0.29, 0.717) is 0 Å². The fraction of sp³-hybridized carbons (Fsp3) is 0.143. The fourth-order valence-corrected chi connectivity index (χ4v) is 2.43. The second-order valence-corrected chi connectivity index (χ2v) is 5.13. The van der Waals surface area contributed by atoms with E-state index in [0.717, 1.165) is 28.0 Å². The first-order valence-electron chi connectivity index (χ1n) is 6.02. The molecular formula is C14H13BrN4. The van der Waals surface area contributed by atoms with Gasteiger partial charge in [-0.25, -0.2) is 9.50 Å². The normalized spacial score (nSPS) is 10.8. The van der Waals surface area contributed by atoms with Crippen LogP contribution in [0.1, 0.15) is 11.3 Å². The number of anilines is 1. The summed E-state index contributed by atoms with van der Waals surface area (Å²) in [6, 6.07) is 10.0. The first kappa shape index (κ1) is 12.2. The molecule has 0 radical (unpaired) electrons. The van der Waals surface area contributed by atoms with E-state index in [1.807, 2.05) is 48.1 Å². The van der Waals surface area contributed by atoms with Crippen molar-refractivity contribution < 1.29 is 0 Å². The number of nitrogens with zero attached hydrogens (tertiary/aromatic N) is 3. The minimum Gasteiger partial charge on any atom is -0.379 e. The Hall–Kier alpha value is -1.88. The lowest BCUT2D eigenvalue weighted by Crippen LogP contribution is -2.02. The van der Waals surface area contributed by atoms with Gasteiger partial charge >= 0.3 is 0 Å². The molecule has 19 heavy (non-hydrogen) atoms. The van der Waals surface area contributed by atoms with Crippen molar-refractivity contribution in [3.05, 3.63) is 58.6 Å². The largest absolute Gasteiger partial charge is 0.379 e. The molecule has 3 aromatic heterocycles. The number of nitrogens with one attached hydrogen (secondary N) is 1. The first-order chi connectivity index (χ1) is 9.24. The third-order valence-corrected chi connectivity index (χ3v) is 3.47. The molecule has 96 valence electrons. The number of aryl methyl sites for hydroxylation is 1. The van der Waals surface area contributed by atoms with Gasteiger partial charge < -0.3 is 5.32 Å².